The molecular formula is C64H80N12OS. The van der Waals surface area contributed by atoms with Crippen LogP contribution in [0.15, 0.2) is 152 Å². The monoisotopic (exact) mass is 1060 g/mol. The molecule has 0 bridgehead atoms. The van der Waals surface area contributed by atoms with E-state index in [0.29, 0.717) is 0 Å². The van der Waals surface area contributed by atoms with Crippen molar-refractivity contribution >= 4 is 65.8 Å². The molecule has 0 saturated heterocycles. The van der Waals surface area contributed by atoms with Gasteiger partial charge in [-0.25, -0.2) is 19.9 Å². The van der Waals surface area contributed by atoms with E-state index in [1.807, 2.05) is 83.6 Å². The van der Waals surface area contributed by atoms with Gasteiger partial charge in [-0.3, -0.25) is 24.5 Å². The number of nitrogens with zero attached hydrogens (tertiary/aromatic N) is 10. The molecule has 0 atom stereocenters. The van der Waals surface area contributed by atoms with Crippen molar-refractivity contribution in [2.45, 2.75) is 157 Å². The molecule has 408 valence electrons. The third-order valence-corrected chi connectivity index (χ3v) is 14.4. The molecule has 12 rings (SSSR count). The van der Waals surface area contributed by atoms with Crippen LogP contribution in [-0.2, 0) is 32.5 Å². The summed E-state index contributed by atoms with van der Waals surface area (Å²) in [7, 11) is 0. The van der Waals surface area contributed by atoms with Gasteiger partial charge in [0.05, 0.1) is 17.1 Å². The Morgan fingerprint density at radius 2 is 1.09 bits per heavy atom. The minimum atomic E-state index is 0.0685. The Kier molecular flexibility index (Phi) is 17.3. The summed E-state index contributed by atoms with van der Waals surface area (Å²) in [5, 5.41) is 11.5. The van der Waals surface area contributed by atoms with Crippen molar-refractivity contribution in [2.24, 2.45) is 0 Å². The molecule has 0 aliphatic rings. The molecule has 0 radical (unpaired) electrons. The number of hydrogen-bond donors (Lipinski definition) is 2. The van der Waals surface area contributed by atoms with E-state index >= 15 is 0 Å². The van der Waals surface area contributed by atoms with Gasteiger partial charge in [-0.2, -0.15) is 5.10 Å². The topological polar surface area (TPSA) is 157 Å². The van der Waals surface area contributed by atoms with Crippen LogP contribution in [0.2, 0.25) is 0 Å². The lowest BCUT2D eigenvalue weighted by Crippen LogP contribution is -2.12. The minimum absolute atomic E-state index is 0.0685. The summed E-state index contributed by atoms with van der Waals surface area (Å²) in [6.45, 7) is 39.4. The van der Waals surface area contributed by atoms with Crippen LogP contribution in [0.4, 0.5) is 0 Å². The van der Waals surface area contributed by atoms with Crippen LogP contribution in [0.3, 0.4) is 0 Å². The van der Waals surface area contributed by atoms with Crippen LogP contribution in [0.5, 0.6) is 0 Å². The van der Waals surface area contributed by atoms with E-state index in [4.69, 9.17) is 4.42 Å². The van der Waals surface area contributed by atoms with Gasteiger partial charge in [0.25, 0.3) is 0 Å². The summed E-state index contributed by atoms with van der Waals surface area (Å²) in [6, 6.07) is 18.9. The molecule has 78 heavy (non-hydrogen) atoms. The zero-order valence-corrected chi connectivity index (χ0v) is 50.0. The van der Waals surface area contributed by atoms with Crippen LogP contribution >= 0.6 is 11.3 Å². The van der Waals surface area contributed by atoms with Gasteiger partial charge in [0.15, 0.2) is 11.2 Å². The first kappa shape index (κ1) is 58.1. The maximum Gasteiger partial charge on any atom is 0.233 e. The summed E-state index contributed by atoms with van der Waals surface area (Å²) in [5.41, 5.74) is 9.95. The zero-order chi connectivity index (χ0) is 56.8. The van der Waals surface area contributed by atoms with Crippen LogP contribution in [0.25, 0.3) is 54.4 Å². The lowest BCUT2D eigenvalue weighted by atomic mass is 9.88. The first-order valence-electron chi connectivity index (χ1n) is 26.6. The Morgan fingerprint density at radius 3 is 1.73 bits per heavy atom. The molecule has 0 aliphatic heterocycles. The SMILES string of the molecule is CC(C)(C)c1cc2ccncc2o1.CC(C)(C)c1cc2ccncc2s1.CC(C)(C)c1cc2cnccc2[nH]1.CC(C)(C)c1ccc2nccn2c1.CC(C)(C)c1cnc2[nH]ncc2c1.CC(C)(C)c1cnc2nccn2c1. The Hall–Kier alpha value is -7.58. The smallest absolute Gasteiger partial charge is 0.233 e. The number of aromatic nitrogens is 12. The highest BCUT2D eigenvalue weighted by atomic mass is 32.1. The molecule has 0 aliphatic carbocycles. The van der Waals surface area contributed by atoms with E-state index in [0.717, 1.165) is 39.2 Å². The van der Waals surface area contributed by atoms with E-state index in [2.05, 4.69) is 234 Å². The number of aromatic amines is 2. The third-order valence-electron chi connectivity index (χ3n) is 12.9. The molecule has 12 aromatic heterocycles. The minimum Gasteiger partial charge on any atom is -0.459 e. The lowest BCUT2D eigenvalue weighted by Gasteiger charge is -2.18. The van der Waals surface area contributed by atoms with Gasteiger partial charge in [0, 0.05) is 124 Å². The van der Waals surface area contributed by atoms with Crippen molar-refractivity contribution in [1.29, 1.82) is 0 Å². The predicted octanol–water partition coefficient (Wildman–Crippen LogP) is 16.5. The maximum absolute atomic E-state index is 5.67. The second-order valence-corrected chi connectivity index (χ2v) is 26.9. The van der Waals surface area contributed by atoms with Crippen molar-refractivity contribution in [1.82, 2.24) is 58.9 Å². The number of furan rings is 1. The Morgan fingerprint density at radius 1 is 0.462 bits per heavy atom. The van der Waals surface area contributed by atoms with Crippen LogP contribution in [0.1, 0.15) is 158 Å². The summed E-state index contributed by atoms with van der Waals surface area (Å²) >= 11 is 1.84. The fourth-order valence-electron chi connectivity index (χ4n) is 7.70. The largest absolute Gasteiger partial charge is 0.459 e. The predicted molar refractivity (Wildman–Crippen MR) is 324 cm³/mol. The van der Waals surface area contributed by atoms with Gasteiger partial charge >= 0.3 is 0 Å². The number of thiophene rings is 1. The molecule has 0 aromatic carbocycles. The lowest BCUT2D eigenvalue weighted by molar-refractivity contribution is 0.430. The highest BCUT2D eigenvalue weighted by Gasteiger charge is 2.20. The van der Waals surface area contributed by atoms with Crippen molar-refractivity contribution < 1.29 is 4.42 Å². The van der Waals surface area contributed by atoms with Crippen molar-refractivity contribution in [3.8, 4) is 0 Å². The van der Waals surface area contributed by atoms with Gasteiger partial charge in [-0.15, -0.1) is 11.3 Å². The van der Waals surface area contributed by atoms with Gasteiger partial charge < -0.3 is 13.8 Å². The average Bonchev–Trinajstić information content (AvgIpc) is 4.23. The number of pyridine rings is 5. The number of imidazole rings is 2. The average molecular weight is 1070 g/mol. The number of fused-ring (bicyclic) bond motifs is 6. The van der Waals surface area contributed by atoms with Crippen LogP contribution in [-0.4, -0.2) is 58.9 Å². The molecule has 0 spiro atoms. The number of hydrogen-bond acceptors (Lipinski definition) is 10. The van der Waals surface area contributed by atoms with E-state index in [-0.39, 0.29) is 32.5 Å². The van der Waals surface area contributed by atoms with Gasteiger partial charge in [0.2, 0.25) is 5.78 Å². The molecule has 13 nitrogen and oxygen atoms in total. The molecule has 0 saturated carbocycles. The number of nitrogens with one attached hydrogen (secondary N) is 2. The fourth-order valence-corrected chi connectivity index (χ4v) is 8.79. The van der Waals surface area contributed by atoms with E-state index in [1.54, 1.807) is 24.8 Å². The second kappa shape index (κ2) is 23.2. The Labute approximate surface area is 464 Å². The van der Waals surface area contributed by atoms with Gasteiger partial charge in [-0.05, 0) is 92.3 Å². The molecule has 0 unspecified atom stereocenters. The summed E-state index contributed by atoms with van der Waals surface area (Å²) < 4.78 is 11.0. The quantitative estimate of drug-likeness (QED) is 0.151. The van der Waals surface area contributed by atoms with Gasteiger partial charge in [0.1, 0.15) is 11.4 Å². The second-order valence-electron chi connectivity index (χ2n) is 25.8. The Bertz CT molecular complexity index is 3310. The molecule has 12 aromatic rings. The first-order valence-corrected chi connectivity index (χ1v) is 27.4. The molecule has 0 fully saturated rings. The van der Waals surface area contributed by atoms with Crippen molar-refractivity contribution in [3.63, 3.8) is 0 Å². The highest BCUT2D eigenvalue weighted by molar-refractivity contribution is 7.19. The normalized spacial score (nSPS) is 12.2. The number of H-pyrrole nitrogens is 2. The Balaban J connectivity index is 0.000000136. The summed E-state index contributed by atoms with van der Waals surface area (Å²) in [4.78, 5) is 33.9. The number of rotatable bonds is 0. The van der Waals surface area contributed by atoms with Gasteiger partial charge in [-0.1, -0.05) is 131 Å². The van der Waals surface area contributed by atoms with Crippen molar-refractivity contribution in [2.75, 3.05) is 0 Å². The third kappa shape index (κ3) is 15.3. The summed E-state index contributed by atoms with van der Waals surface area (Å²) in [5.74, 6) is 1.77. The highest BCUT2D eigenvalue weighted by Crippen LogP contribution is 2.34. The molecule has 2 N–H and O–H groups in total. The molecular weight excluding hydrogens is 985 g/mol. The van der Waals surface area contributed by atoms with Crippen molar-refractivity contribution in [3.05, 3.63) is 181 Å². The maximum atomic E-state index is 5.67. The van der Waals surface area contributed by atoms with E-state index in [9.17, 15) is 0 Å². The molecule has 12 heterocycles. The van der Waals surface area contributed by atoms with Crippen LogP contribution < -0.4 is 0 Å². The molecule has 0 amide bonds. The summed E-state index contributed by atoms with van der Waals surface area (Å²) in [6.07, 6.45) is 28.3. The standard InChI is InChI=1S/2C11H14N2.C11H13NO.C11H13NS.2C10H13N3/c1-11(2,3)10-6-8-7-12-5-4-9(8)13-10;1-11(2,3)9-4-5-10-12-6-7-13(10)8-9;2*1-11(2,3)10-6-8-4-5-12-7-9(8)13-10;1-10(2,3)8-4-7-5-12-13-9(7)11-6-8;1-10(2,3)8-6-12-9-11-4-5-13(9)7-8/h4-7,13H,1-3H3;4-8H,1-3H3;2*4-7H,1-3H3;4-6H,1-3H3,(H,11,12,13);4-7H,1-3H3. The fraction of sp³-hybridized carbons (Fsp3) is 0.375. The molecule has 14 heteroatoms. The zero-order valence-electron chi connectivity index (χ0n) is 49.1. The van der Waals surface area contributed by atoms with E-state index in [1.165, 1.54) is 48.3 Å². The van der Waals surface area contributed by atoms with E-state index < -0.39 is 0 Å². The first-order chi connectivity index (χ1) is 36.4. The van der Waals surface area contributed by atoms with Crippen LogP contribution in [0, 0.1) is 0 Å².